The largest absolute Gasteiger partial charge is 0.485 e. The minimum Gasteiger partial charge on any atom is -0.485 e. The highest BCUT2D eigenvalue weighted by molar-refractivity contribution is 6.30. The first-order valence-corrected chi connectivity index (χ1v) is 11.0. The van der Waals surface area contributed by atoms with Crippen molar-refractivity contribution >= 4 is 23.3 Å². The van der Waals surface area contributed by atoms with Crippen molar-refractivity contribution < 1.29 is 23.4 Å². The number of benzene rings is 2. The van der Waals surface area contributed by atoms with E-state index in [0.717, 1.165) is 11.1 Å². The van der Waals surface area contributed by atoms with Crippen LogP contribution in [0.4, 0.5) is 9.18 Å². The standard InChI is InChI=1S/C25H27ClFNO4/c1-24(2,3)32-23(29)28-12-10-16(11-13-28)18-6-5-7-21-22(18)30-15-25(4,31-21)19-9-8-17(26)14-20(19)27/h5-10,14H,11-13,15H2,1-4H3. The average molecular weight is 460 g/mol. The Kier molecular flexibility index (Phi) is 5.84. The number of rotatable bonds is 2. The summed E-state index contributed by atoms with van der Waals surface area (Å²) in [5.41, 5.74) is 0.884. The number of amides is 1. The number of para-hydroxylation sites is 1. The van der Waals surface area contributed by atoms with Crippen LogP contribution in [0.3, 0.4) is 0 Å². The minimum absolute atomic E-state index is 0.160. The lowest BCUT2D eigenvalue weighted by Gasteiger charge is -2.37. The van der Waals surface area contributed by atoms with Gasteiger partial charge in [-0.15, -0.1) is 0 Å². The number of hydrogen-bond acceptors (Lipinski definition) is 4. The van der Waals surface area contributed by atoms with Crippen LogP contribution in [-0.4, -0.2) is 36.3 Å². The van der Waals surface area contributed by atoms with E-state index >= 15 is 0 Å². The molecular formula is C25H27ClFNO4. The van der Waals surface area contributed by atoms with Crippen LogP contribution in [0.25, 0.3) is 5.57 Å². The van der Waals surface area contributed by atoms with Crippen LogP contribution in [-0.2, 0) is 10.3 Å². The predicted octanol–water partition coefficient (Wildman–Crippen LogP) is 6.19. The monoisotopic (exact) mass is 459 g/mol. The average Bonchev–Trinajstić information content (AvgIpc) is 2.72. The molecule has 0 spiro atoms. The molecule has 1 amide bonds. The first kappa shape index (κ1) is 22.5. The number of fused-ring (bicyclic) bond motifs is 1. The van der Waals surface area contributed by atoms with Crippen LogP contribution in [0.5, 0.6) is 11.5 Å². The van der Waals surface area contributed by atoms with Gasteiger partial charge in [-0.2, -0.15) is 0 Å². The summed E-state index contributed by atoms with van der Waals surface area (Å²) < 4.78 is 32.4. The molecule has 0 radical (unpaired) electrons. The van der Waals surface area contributed by atoms with Gasteiger partial charge < -0.3 is 19.1 Å². The summed E-state index contributed by atoms with van der Waals surface area (Å²) in [5, 5.41) is 0.332. The maximum Gasteiger partial charge on any atom is 0.410 e. The smallest absolute Gasteiger partial charge is 0.410 e. The van der Waals surface area contributed by atoms with Gasteiger partial charge in [0.25, 0.3) is 0 Å². The van der Waals surface area contributed by atoms with E-state index < -0.39 is 17.0 Å². The topological polar surface area (TPSA) is 48.0 Å². The van der Waals surface area contributed by atoms with Crippen molar-refractivity contribution in [1.82, 2.24) is 4.90 Å². The van der Waals surface area contributed by atoms with Crippen LogP contribution >= 0.6 is 11.6 Å². The van der Waals surface area contributed by atoms with E-state index in [4.69, 9.17) is 25.8 Å². The lowest BCUT2D eigenvalue weighted by molar-refractivity contribution is -0.000363. The molecule has 0 fully saturated rings. The first-order valence-electron chi connectivity index (χ1n) is 10.6. The molecule has 4 rings (SSSR count). The van der Waals surface area contributed by atoms with Gasteiger partial charge in [0.05, 0.1) is 0 Å². The molecule has 7 heteroatoms. The molecule has 2 aromatic rings. The Balaban J connectivity index is 1.55. The zero-order chi connectivity index (χ0) is 23.1. The summed E-state index contributed by atoms with van der Waals surface area (Å²) in [5.74, 6) is 0.762. The zero-order valence-corrected chi connectivity index (χ0v) is 19.5. The zero-order valence-electron chi connectivity index (χ0n) is 18.7. The second kappa shape index (κ2) is 8.32. The molecule has 1 unspecified atom stereocenters. The molecule has 5 nitrogen and oxygen atoms in total. The van der Waals surface area contributed by atoms with Gasteiger partial charge in [0.2, 0.25) is 0 Å². The molecule has 0 saturated carbocycles. The third-order valence-corrected chi connectivity index (χ3v) is 5.75. The molecule has 0 aromatic heterocycles. The number of hydrogen-bond donors (Lipinski definition) is 0. The van der Waals surface area contributed by atoms with Crippen LogP contribution in [0.1, 0.15) is 45.2 Å². The van der Waals surface area contributed by atoms with E-state index in [9.17, 15) is 9.18 Å². The fourth-order valence-corrected chi connectivity index (χ4v) is 4.10. The SMILES string of the molecule is CC(C)(C)OC(=O)N1CC=C(c2cccc3c2OCC(C)(c2ccc(Cl)cc2F)O3)CC1. The van der Waals surface area contributed by atoms with Gasteiger partial charge in [-0.1, -0.05) is 35.9 Å². The Morgan fingerprint density at radius 2 is 2.03 bits per heavy atom. The molecule has 0 N–H and O–H groups in total. The first-order chi connectivity index (χ1) is 15.1. The maximum absolute atomic E-state index is 14.6. The van der Waals surface area contributed by atoms with E-state index in [1.54, 1.807) is 24.0 Å². The third kappa shape index (κ3) is 4.56. The van der Waals surface area contributed by atoms with Crippen molar-refractivity contribution in [2.24, 2.45) is 0 Å². The minimum atomic E-state index is -0.977. The van der Waals surface area contributed by atoms with Crippen molar-refractivity contribution in [2.45, 2.75) is 45.3 Å². The molecule has 1 atom stereocenters. The van der Waals surface area contributed by atoms with Crippen LogP contribution in [0.2, 0.25) is 5.02 Å². The fraction of sp³-hybridized carbons (Fsp3) is 0.400. The second-order valence-electron chi connectivity index (χ2n) is 9.28. The molecule has 170 valence electrons. The number of carbonyl (C=O) groups is 1. The van der Waals surface area contributed by atoms with Gasteiger partial charge in [0, 0.05) is 29.2 Å². The number of nitrogens with zero attached hydrogens (tertiary/aromatic N) is 1. The highest BCUT2D eigenvalue weighted by Gasteiger charge is 2.38. The third-order valence-electron chi connectivity index (χ3n) is 5.51. The van der Waals surface area contributed by atoms with Crippen LogP contribution in [0.15, 0.2) is 42.5 Å². The van der Waals surface area contributed by atoms with Crippen molar-refractivity contribution in [3.05, 3.63) is 64.4 Å². The van der Waals surface area contributed by atoms with Crippen molar-refractivity contribution in [3.8, 4) is 11.5 Å². The molecule has 2 aromatic carbocycles. The summed E-state index contributed by atoms with van der Waals surface area (Å²) in [6.45, 7) is 8.54. The van der Waals surface area contributed by atoms with E-state index in [1.165, 1.54) is 6.07 Å². The molecule has 0 saturated heterocycles. The highest BCUT2D eigenvalue weighted by atomic mass is 35.5. The predicted molar refractivity (Wildman–Crippen MR) is 122 cm³/mol. The van der Waals surface area contributed by atoms with Crippen LogP contribution < -0.4 is 9.47 Å². The second-order valence-corrected chi connectivity index (χ2v) is 9.72. The number of halogens is 2. The van der Waals surface area contributed by atoms with Crippen LogP contribution in [0, 0.1) is 5.82 Å². The molecule has 2 aliphatic rings. The molecule has 2 heterocycles. The Bertz CT molecular complexity index is 1080. The highest BCUT2D eigenvalue weighted by Crippen LogP contribution is 2.45. The normalized spacial score (nSPS) is 20.6. The van der Waals surface area contributed by atoms with Gasteiger partial charge >= 0.3 is 6.09 Å². The summed E-state index contributed by atoms with van der Waals surface area (Å²) >= 11 is 5.90. The van der Waals surface area contributed by atoms with E-state index in [2.05, 4.69) is 0 Å². The van der Waals surface area contributed by atoms with Gasteiger partial charge in [0.1, 0.15) is 18.0 Å². The summed E-state index contributed by atoms with van der Waals surface area (Å²) in [7, 11) is 0. The molecule has 0 aliphatic carbocycles. The van der Waals surface area contributed by atoms with Gasteiger partial charge in [0.15, 0.2) is 17.1 Å². The summed E-state index contributed by atoms with van der Waals surface area (Å²) in [6.07, 6.45) is 2.37. The molecule has 2 aliphatic heterocycles. The maximum atomic E-state index is 14.6. The molecular weight excluding hydrogens is 433 g/mol. The van der Waals surface area contributed by atoms with Gasteiger partial charge in [-0.25, -0.2) is 9.18 Å². The van der Waals surface area contributed by atoms with Crippen molar-refractivity contribution in [3.63, 3.8) is 0 Å². The van der Waals surface area contributed by atoms with Crippen molar-refractivity contribution in [2.75, 3.05) is 19.7 Å². The van der Waals surface area contributed by atoms with Gasteiger partial charge in [-0.05, 0) is 57.9 Å². The van der Waals surface area contributed by atoms with E-state index in [0.29, 0.717) is 41.6 Å². The quantitative estimate of drug-likeness (QED) is 0.537. The van der Waals surface area contributed by atoms with E-state index in [-0.39, 0.29) is 12.7 Å². The summed E-state index contributed by atoms with van der Waals surface area (Å²) in [4.78, 5) is 14.0. The van der Waals surface area contributed by atoms with E-state index in [1.807, 2.05) is 45.0 Å². The van der Waals surface area contributed by atoms with Crippen molar-refractivity contribution in [1.29, 1.82) is 0 Å². The lowest BCUT2D eigenvalue weighted by Crippen LogP contribution is -2.40. The summed E-state index contributed by atoms with van der Waals surface area (Å²) in [6, 6.07) is 10.2. The Morgan fingerprint density at radius 1 is 1.25 bits per heavy atom. The molecule has 0 bridgehead atoms. The number of carbonyl (C=O) groups excluding carboxylic acids is 1. The molecule has 32 heavy (non-hydrogen) atoms. The number of ether oxygens (including phenoxy) is 3. The Morgan fingerprint density at radius 3 is 2.69 bits per heavy atom. The Hall–Kier alpha value is -2.73. The Labute approximate surface area is 192 Å². The fourth-order valence-electron chi connectivity index (χ4n) is 3.94. The van der Waals surface area contributed by atoms with Gasteiger partial charge in [-0.3, -0.25) is 0 Å². The lowest BCUT2D eigenvalue weighted by atomic mass is 9.93.